The molecule has 0 amide bonds. The number of carboxylic acids is 1. The van der Waals surface area contributed by atoms with Crippen LogP contribution in [0.4, 0.5) is 0 Å². The molecule has 35 heavy (non-hydrogen) atoms. The summed E-state index contributed by atoms with van der Waals surface area (Å²) in [5, 5.41) is 21.8. The van der Waals surface area contributed by atoms with Crippen molar-refractivity contribution in [2.24, 2.45) is 13.0 Å². The number of aromatic nitrogens is 3. The zero-order valence-corrected chi connectivity index (χ0v) is 21.4. The summed E-state index contributed by atoms with van der Waals surface area (Å²) >= 11 is 0.968. The minimum atomic E-state index is -1.33. The Morgan fingerprint density at radius 3 is 2.37 bits per heavy atom. The van der Waals surface area contributed by atoms with Crippen molar-refractivity contribution in [3.8, 4) is 0 Å². The van der Waals surface area contributed by atoms with Crippen molar-refractivity contribution in [2.45, 2.75) is 53.2 Å². The molecule has 0 aliphatic rings. The van der Waals surface area contributed by atoms with Crippen LogP contribution < -0.4 is 11.2 Å². The Bertz CT molecular complexity index is 1480. The van der Waals surface area contributed by atoms with Crippen molar-refractivity contribution in [1.82, 2.24) is 14.1 Å². The summed E-state index contributed by atoms with van der Waals surface area (Å²) in [5.41, 5.74) is -0.336. The van der Waals surface area contributed by atoms with Crippen LogP contribution in [-0.4, -0.2) is 30.3 Å². The van der Waals surface area contributed by atoms with Gasteiger partial charge in [0.2, 0.25) is 0 Å². The third kappa shape index (κ3) is 5.06. The molecule has 1 unspecified atom stereocenters. The van der Waals surface area contributed by atoms with Crippen LogP contribution in [0.2, 0.25) is 0 Å². The van der Waals surface area contributed by atoms with Crippen molar-refractivity contribution >= 4 is 38.4 Å². The molecular formula is C26H31N3O5S. The normalized spacial score (nSPS) is 12.1. The number of fused-ring (bicyclic) bond motifs is 2. The molecule has 4 rings (SSSR count). The Labute approximate surface area is 207 Å². The first kappa shape index (κ1) is 26.3. The number of carboxylic acid groups (broad SMARTS) is 1. The summed E-state index contributed by atoms with van der Waals surface area (Å²) in [6.07, 6.45) is 2.88. The largest absolute Gasteiger partial charge is 0.478 e. The Hall–Kier alpha value is -3.30. The molecule has 9 heteroatoms. The molecule has 1 atom stereocenters. The summed E-state index contributed by atoms with van der Waals surface area (Å²) in [4.78, 5) is 42.5. The molecular weight excluding hydrogens is 466 g/mol. The number of rotatable bonds is 6. The highest BCUT2D eigenvalue weighted by Crippen LogP contribution is 2.38. The first-order valence-electron chi connectivity index (χ1n) is 11.6. The number of nitrogens with zero attached hydrogens (tertiary/aromatic N) is 3. The predicted molar refractivity (Wildman–Crippen MR) is 140 cm³/mol. The van der Waals surface area contributed by atoms with Crippen molar-refractivity contribution in [1.29, 1.82) is 0 Å². The van der Waals surface area contributed by atoms with E-state index in [1.807, 2.05) is 19.9 Å². The number of aliphatic hydroxyl groups is 1. The Morgan fingerprint density at radius 1 is 1.11 bits per heavy atom. The standard InChI is InChI=1S/C22H21N3O5S.C4H10/c1-11(2)10-25-20-16(19(27)24(3)22(25)30)15(21(28)29)18(31-20)17(26)13-8-9-23-14-7-5-4-6-12(13)14;1-3-4-2/h4-9,11,17,26H,10H2,1-3H3,(H,28,29);3-4H2,1-2H3. The average Bonchev–Trinajstić information content (AvgIpc) is 3.25. The fourth-order valence-electron chi connectivity index (χ4n) is 3.78. The van der Waals surface area contributed by atoms with Gasteiger partial charge in [0.15, 0.2) is 0 Å². The number of benzene rings is 1. The smallest absolute Gasteiger partial charge is 0.337 e. The van der Waals surface area contributed by atoms with Crippen LogP contribution in [0.15, 0.2) is 46.1 Å². The van der Waals surface area contributed by atoms with Crippen molar-refractivity contribution < 1.29 is 15.0 Å². The van der Waals surface area contributed by atoms with Gasteiger partial charge in [-0.05, 0) is 23.6 Å². The second kappa shape index (κ2) is 11.0. The van der Waals surface area contributed by atoms with Gasteiger partial charge in [0.25, 0.3) is 5.56 Å². The van der Waals surface area contributed by atoms with Crippen molar-refractivity contribution in [3.63, 3.8) is 0 Å². The van der Waals surface area contributed by atoms with E-state index in [4.69, 9.17) is 0 Å². The molecule has 0 fully saturated rings. The zero-order chi connectivity index (χ0) is 25.9. The summed E-state index contributed by atoms with van der Waals surface area (Å²) in [6, 6.07) is 8.84. The number of aliphatic hydroxyl groups excluding tert-OH is 1. The Balaban J connectivity index is 0.000000795. The summed E-state index contributed by atoms with van der Waals surface area (Å²) in [5.74, 6) is -1.24. The van der Waals surface area contributed by atoms with E-state index in [0.717, 1.165) is 15.9 Å². The monoisotopic (exact) mass is 497 g/mol. The van der Waals surface area contributed by atoms with Gasteiger partial charge < -0.3 is 10.2 Å². The van der Waals surface area contributed by atoms with Gasteiger partial charge >= 0.3 is 11.7 Å². The maximum atomic E-state index is 12.9. The number of carbonyl (C=O) groups is 1. The molecule has 0 bridgehead atoms. The first-order valence-corrected chi connectivity index (χ1v) is 12.5. The minimum Gasteiger partial charge on any atom is -0.478 e. The number of para-hydroxylation sites is 1. The fourth-order valence-corrected chi connectivity index (χ4v) is 5.07. The van der Waals surface area contributed by atoms with E-state index in [2.05, 4.69) is 18.8 Å². The van der Waals surface area contributed by atoms with Gasteiger partial charge in [0.05, 0.1) is 21.3 Å². The number of hydrogen-bond donors (Lipinski definition) is 2. The lowest BCUT2D eigenvalue weighted by Gasteiger charge is -2.13. The van der Waals surface area contributed by atoms with E-state index < -0.39 is 23.3 Å². The van der Waals surface area contributed by atoms with Gasteiger partial charge in [-0.1, -0.05) is 58.7 Å². The van der Waals surface area contributed by atoms with Gasteiger partial charge in [-0.15, -0.1) is 11.3 Å². The van der Waals surface area contributed by atoms with Crippen LogP contribution in [0.25, 0.3) is 21.1 Å². The Kier molecular flexibility index (Phi) is 8.24. The highest BCUT2D eigenvalue weighted by atomic mass is 32.1. The van der Waals surface area contributed by atoms with Crippen molar-refractivity contribution in [3.05, 3.63) is 73.4 Å². The number of unbranched alkanes of at least 4 members (excludes halogenated alkanes) is 1. The van der Waals surface area contributed by atoms with Crippen LogP contribution in [0.5, 0.6) is 0 Å². The van der Waals surface area contributed by atoms with Crippen LogP contribution in [0.3, 0.4) is 0 Å². The summed E-state index contributed by atoms with van der Waals surface area (Å²) in [7, 11) is 1.33. The molecule has 0 aliphatic carbocycles. The molecule has 3 heterocycles. The lowest BCUT2D eigenvalue weighted by atomic mass is 10.0. The second-order valence-electron chi connectivity index (χ2n) is 8.80. The van der Waals surface area contributed by atoms with E-state index in [1.165, 1.54) is 24.5 Å². The van der Waals surface area contributed by atoms with Gasteiger partial charge in [-0.3, -0.25) is 18.9 Å². The molecule has 0 radical (unpaired) electrons. The number of aromatic carboxylic acids is 1. The van der Waals surface area contributed by atoms with Crippen LogP contribution in [0.1, 0.15) is 67.4 Å². The molecule has 186 valence electrons. The van der Waals surface area contributed by atoms with Crippen LogP contribution in [0, 0.1) is 5.92 Å². The molecule has 8 nitrogen and oxygen atoms in total. The van der Waals surface area contributed by atoms with E-state index >= 15 is 0 Å². The summed E-state index contributed by atoms with van der Waals surface area (Å²) < 4.78 is 2.33. The Morgan fingerprint density at radius 2 is 1.77 bits per heavy atom. The van der Waals surface area contributed by atoms with Crippen LogP contribution in [-0.2, 0) is 13.6 Å². The van der Waals surface area contributed by atoms with E-state index in [0.29, 0.717) is 23.0 Å². The van der Waals surface area contributed by atoms with Gasteiger partial charge in [-0.25, -0.2) is 9.59 Å². The molecule has 0 spiro atoms. The van der Waals surface area contributed by atoms with E-state index in [1.54, 1.807) is 30.5 Å². The van der Waals surface area contributed by atoms with Crippen LogP contribution >= 0.6 is 11.3 Å². The highest BCUT2D eigenvalue weighted by molar-refractivity contribution is 7.19. The molecule has 4 aromatic rings. The highest BCUT2D eigenvalue weighted by Gasteiger charge is 2.30. The number of pyridine rings is 1. The molecule has 0 aliphatic heterocycles. The van der Waals surface area contributed by atoms with E-state index in [9.17, 15) is 24.6 Å². The SMILES string of the molecule is CC(C)Cn1c(=O)n(C)c(=O)c2c(C(=O)O)c(C(O)c3ccnc4ccccc34)sc21.CCCC. The minimum absolute atomic E-state index is 0.0624. The third-order valence-electron chi connectivity index (χ3n) is 5.69. The summed E-state index contributed by atoms with van der Waals surface area (Å²) in [6.45, 7) is 8.53. The topological polar surface area (TPSA) is 114 Å². The van der Waals surface area contributed by atoms with E-state index in [-0.39, 0.29) is 26.6 Å². The molecule has 2 N–H and O–H groups in total. The zero-order valence-electron chi connectivity index (χ0n) is 20.6. The molecule has 1 aromatic carbocycles. The molecule has 3 aromatic heterocycles. The fraction of sp³-hybridized carbons (Fsp3) is 0.385. The number of hydrogen-bond acceptors (Lipinski definition) is 6. The maximum Gasteiger partial charge on any atom is 0.337 e. The quantitative estimate of drug-likeness (QED) is 0.404. The second-order valence-corrected chi connectivity index (χ2v) is 9.83. The first-order chi connectivity index (χ1) is 16.6. The lowest BCUT2D eigenvalue weighted by molar-refractivity contribution is 0.0694. The maximum absolute atomic E-state index is 12.9. The third-order valence-corrected chi connectivity index (χ3v) is 6.95. The van der Waals surface area contributed by atoms with Gasteiger partial charge in [0, 0.05) is 25.2 Å². The lowest BCUT2D eigenvalue weighted by Crippen LogP contribution is -2.38. The molecule has 0 saturated carbocycles. The predicted octanol–water partition coefficient (Wildman–Crippen LogP) is 4.55. The average molecular weight is 498 g/mol. The number of thiophene rings is 1. The van der Waals surface area contributed by atoms with Gasteiger partial charge in [-0.2, -0.15) is 0 Å². The van der Waals surface area contributed by atoms with Crippen molar-refractivity contribution in [2.75, 3.05) is 0 Å². The van der Waals surface area contributed by atoms with Gasteiger partial charge in [0.1, 0.15) is 10.9 Å². The molecule has 0 saturated heterocycles.